The maximum absolute atomic E-state index is 8.74. The molecule has 1 unspecified atom stereocenters. The van der Waals surface area contributed by atoms with Gasteiger partial charge < -0.3 is 19.3 Å². The van der Waals surface area contributed by atoms with Gasteiger partial charge >= 0.3 is 0 Å². The molecule has 1 N–H and O–H groups in total. The van der Waals surface area contributed by atoms with Crippen molar-refractivity contribution in [3.05, 3.63) is 59.7 Å². The van der Waals surface area contributed by atoms with E-state index in [4.69, 9.17) is 19.3 Å². The Hall–Kier alpha value is -2.04. The Morgan fingerprint density at radius 2 is 1.48 bits per heavy atom. The molecule has 0 saturated carbocycles. The molecule has 1 heterocycles. The molecule has 2 aromatic carbocycles. The summed E-state index contributed by atoms with van der Waals surface area (Å²) in [6.07, 6.45) is 1.82. The molecule has 2 aromatic rings. The molecule has 1 aliphatic heterocycles. The first-order valence-electron chi connectivity index (χ1n) is 7.99. The number of aliphatic hydroxyl groups is 1. The lowest BCUT2D eigenvalue weighted by Crippen LogP contribution is -2.03. The van der Waals surface area contributed by atoms with Crippen LogP contribution in [-0.2, 0) is 11.2 Å². The van der Waals surface area contributed by atoms with Crippen LogP contribution in [0.5, 0.6) is 11.5 Å². The fraction of sp³-hybridized carbons (Fsp3) is 0.368. The molecule has 0 amide bonds. The normalized spacial score (nSPS) is 16.1. The van der Waals surface area contributed by atoms with Crippen LogP contribution in [-0.4, -0.2) is 37.6 Å². The number of rotatable bonds is 9. The van der Waals surface area contributed by atoms with E-state index in [2.05, 4.69) is 24.3 Å². The average molecular weight is 314 g/mol. The SMILES string of the molecule is OCCCOc1ccc(Cc2ccc(OCC3CO3)cc2)cc1. The summed E-state index contributed by atoms with van der Waals surface area (Å²) < 4.78 is 16.3. The van der Waals surface area contributed by atoms with E-state index in [-0.39, 0.29) is 12.7 Å². The van der Waals surface area contributed by atoms with E-state index in [0.29, 0.717) is 19.6 Å². The molecule has 0 aromatic heterocycles. The van der Waals surface area contributed by atoms with Gasteiger partial charge in [-0.15, -0.1) is 0 Å². The van der Waals surface area contributed by atoms with Gasteiger partial charge in [-0.2, -0.15) is 0 Å². The molecule has 0 radical (unpaired) electrons. The second-order valence-electron chi connectivity index (χ2n) is 5.66. The number of aliphatic hydroxyl groups excluding tert-OH is 1. The van der Waals surface area contributed by atoms with E-state index in [1.54, 1.807) is 0 Å². The maximum atomic E-state index is 8.74. The van der Waals surface area contributed by atoms with Crippen LogP contribution in [0.3, 0.4) is 0 Å². The minimum absolute atomic E-state index is 0.158. The first-order chi connectivity index (χ1) is 11.3. The van der Waals surface area contributed by atoms with Gasteiger partial charge in [-0.05, 0) is 41.8 Å². The number of ether oxygens (including phenoxy) is 3. The second-order valence-corrected chi connectivity index (χ2v) is 5.66. The van der Waals surface area contributed by atoms with Crippen molar-refractivity contribution in [2.24, 2.45) is 0 Å². The average Bonchev–Trinajstić information content (AvgIpc) is 3.40. The standard InChI is InChI=1S/C19H22O4/c20-10-1-11-21-17-6-2-15(3-7-17)12-16-4-8-18(9-5-16)22-13-19-14-23-19/h2-9,19-20H,1,10-14H2. The highest BCUT2D eigenvalue weighted by molar-refractivity contribution is 5.34. The van der Waals surface area contributed by atoms with E-state index >= 15 is 0 Å². The lowest BCUT2D eigenvalue weighted by molar-refractivity contribution is 0.233. The molecule has 1 saturated heterocycles. The molecule has 4 heteroatoms. The zero-order chi connectivity index (χ0) is 15.9. The van der Waals surface area contributed by atoms with Gasteiger partial charge in [0.2, 0.25) is 0 Å². The van der Waals surface area contributed by atoms with E-state index < -0.39 is 0 Å². The molecular weight excluding hydrogens is 292 g/mol. The van der Waals surface area contributed by atoms with Crippen LogP contribution in [0.1, 0.15) is 17.5 Å². The number of hydrogen-bond acceptors (Lipinski definition) is 4. The monoisotopic (exact) mass is 314 g/mol. The summed E-state index contributed by atoms with van der Waals surface area (Å²) >= 11 is 0. The Labute approximate surface area is 136 Å². The highest BCUT2D eigenvalue weighted by Gasteiger charge is 2.22. The van der Waals surface area contributed by atoms with Crippen molar-refractivity contribution in [3.8, 4) is 11.5 Å². The van der Waals surface area contributed by atoms with Gasteiger partial charge in [0, 0.05) is 13.0 Å². The van der Waals surface area contributed by atoms with E-state index in [1.165, 1.54) is 11.1 Å². The highest BCUT2D eigenvalue weighted by atomic mass is 16.6. The number of hydrogen-bond donors (Lipinski definition) is 1. The lowest BCUT2D eigenvalue weighted by atomic mass is 10.0. The van der Waals surface area contributed by atoms with Crippen molar-refractivity contribution in [2.45, 2.75) is 18.9 Å². The molecule has 0 bridgehead atoms. The Balaban J connectivity index is 1.49. The van der Waals surface area contributed by atoms with Gasteiger partial charge in [0.15, 0.2) is 0 Å². The van der Waals surface area contributed by atoms with E-state index in [0.717, 1.165) is 24.5 Å². The van der Waals surface area contributed by atoms with Crippen LogP contribution in [0.4, 0.5) is 0 Å². The number of benzene rings is 2. The summed E-state index contributed by atoms with van der Waals surface area (Å²) in [6, 6.07) is 16.3. The van der Waals surface area contributed by atoms with E-state index in [1.807, 2.05) is 24.3 Å². The predicted molar refractivity (Wildman–Crippen MR) is 88.1 cm³/mol. The van der Waals surface area contributed by atoms with Crippen molar-refractivity contribution >= 4 is 0 Å². The maximum Gasteiger partial charge on any atom is 0.119 e. The Kier molecular flexibility index (Phi) is 5.51. The van der Waals surface area contributed by atoms with Crippen LogP contribution < -0.4 is 9.47 Å². The molecular formula is C19H22O4. The van der Waals surface area contributed by atoms with Gasteiger partial charge in [0.05, 0.1) is 13.2 Å². The third-order valence-corrected chi connectivity index (χ3v) is 3.66. The summed E-state index contributed by atoms with van der Waals surface area (Å²) in [5.74, 6) is 1.73. The Bertz CT molecular complexity index is 588. The fourth-order valence-corrected chi connectivity index (χ4v) is 2.25. The second kappa shape index (κ2) is 7.99. The van der Waals surface area contributed by atoms with Crippen molar-refractivity contribution in [1.82, 2.24) is 0 Å². The summed E-state index contributed by atoms with van der Waals surface area (Å²) in [7, 11) is 0. The molecule has 122 valence electrons. The van der Waals surface area contributed by atoms with Crippen LogP contribution in [0.2, 0.25) is 0 Å². The quantitative estimate of drug-likeness (QED) is 0.571. The summed E-state index contributed by atoms with van der Waals surface area (Å²) in [6.45, 7) is 2.16. The summed E-state index contributed by atoms with van der Waals surface area (Å²) in [5, 5.41) is 8.74. The van der Waals surface area contributed by atoms with Gasteiger partial charge in [0.1, 0.15) is 24.2 Å². The fourth-order valence-electron chi connectivity index (χ4n) is 2.25. The molecule has 0 aliphatic carbocycles. The molecule has 4 nitrogen and oxygen atoms in total. The van der Waals surface area contributed by atoms with Gasteiger partial charge in [-0.3, -0.25) is 0 Å². The first-order valence-corrected chi connectivity index (χ1v) is 7.99. The molecule has 3 rings (SSSR count). The van der Waals surface area contributed by atoms with E-state index in [9.17, 15) is 0 Å². The van der Waals surface area contributed by atoms with Crippen LogP contribution in [0.15, 0.2) is 48.5 Å². The van der Waals surface area contributed by atoms with Crippen molar-refractivity contribution in [1.29, 1.82) is 0 Å². The largest absolute Gasteiger partial charge is 0.494 e. The third-order valence-electron chi connectivity index (χ3n) is 3.66. The topological polar surface area (TPSA) is 51.2 Å². The molecule has 1 fully saturated rings. The predicted octanol–water partition coefficient (Wildman–Crippen LogP) is 2.82. The Morgan fingerprint density at radius 1 is 0.913 bits per heavy atom. The van der Waals surface area contributed by atoms with Gasteiger partial charge in [-0.1, -0.05) is 24.3 Å². The zero-order valence-corrected chi connectivity index (χ0v) is 13.1. The molecule has 1 atom stereocenters. The molecule has 1 aliphatic rings. The smallest absolute Gasteiger partial charge is 0.119 e. The van der Waals surface area contributed by atoms with Crippen LogP contribution in [0.25, 0.3) is 0 Å². The van der Waals surface area contributed by atoms with Crippen LogP contribution in [0, 0.1) is 0 Å². The molecule has 23 heavy (non-hydrogen) atoms. The number of epoxide rings is 1. The summed E-state index contributed by atoms with van der Waals surface area (Å²) in [4.78, 5) is 0. The summed E-state index contributed by atoms with van der Waals surface area (Å²) in [5.41, 5.74) is 2.48. The minimum atomic E-state index is 0.158. The van der Waals surface area contributed by atoms with Crippen molar-refractivity contribution in [3.63, 3.8) is 0 Å². The lowest BCUT2D eigenvalue weighted by Gasteiger charge is -2.08. The van der Waals surface area contributed by atoms with Gasteiger partial charge in [-0.25, -0.2) is 0 Å². The van der Waals surface area contributed by atoms with Crippen LogP contribution >= 0.6 is 0 Å². The first kappa shape index (κ1) is 15.8. The van der Waals surface area contributed by atoms with Crippen molar-refractivity contribution in [2.75, 3.05) is 26.4 Å². The van der Waals surface area contributed by atoms with Gasteiger partial charge in [0.25, 0.3) is 0 Å². The van der Waals surface area contributed by atoms with Crippen molar-refractivity contribution < 1.29 is 19.3 Å². The third kappa shape index (κ3) is 5.27. The minimum Gasteiger partial charge on any atom is -0.494 e. The zero-order valence-electron chi connectivity index (χ0n) is 13.1. The highest BCUT2D eigenvalue weighted by Crippen LogP contribution is 2.19. The molecule has 0 spiro atoms. The Morgan fingerprint density at radius 3 is 2.00 bits per heavy atom.